The third-order valence-electron chi connectivity index (χ3n) is 2.00. The molecule has 0 aromatic heterocycles. The van der Waals surface area contributed by atoms with Gasteiger partial charge in [-0.15, -0.1) is 0 Å². The van der Waals surface area contributed by atoms with Crippen LogP contribution in [0.5, 0.6) is 0 Å². The van der Waals surface area contributed by atoms with Gasteiger partial charge in [0.1, 0.15) is 0 Å². The van der Waals surface area contributed by atoms with Crippen LogP contribution in [0.15, 0.2) is 33.4 Å². The third kappa shape index (κ3) is 1.80. The van der Waals surface area contributed by atoms with Crippen LogP contribution in [0, 0.1) is 0 Å². The second-order valence-electron chi connectivity index (χ2n) is 2.99. The van der Waals surface area contributed by atoms with Crippen molar-refractivity contribution in [1.29, 1.82) is 0 Å². The van der Waals surface area contributed by atoms with E-state index in [4.69, 9.17) is 10.7 Å². The molecule has 4 nitrogen and oxygen atoms in total. The van der Waals surface area contributed by atoms with Crippen molar-refractivity contribution in [3.05, 3.63) is 29.2 Å². The van der Waals surface area contributed by atoms with Gasteiger partial charge in [-0.05, 0) is 29.8 Å². The number of hydrogen-bond acceptors (Lipinski definition) is 4. The Bertz CT molecular complexity index is 656. The fourth-order valence-corrected chi connectivity index (χ4v) is 3.28. The molecule has 0 amide bonds. The number of fused-ring (bicyclic) bond motifs is 1. The summed E-state index contributed by atoms with van der Waals surface area (Å²) in [6.07, 6.45) is 1.34. The molecular formula is C8H5ClO4S2. The van der Waals surface area contributed by atoms with Crippen LogP contribution in [0.4, 0.5) is 0 Å². The lowest BCUT2D eigenvalue weighted by molar-refractivity contribution is 0.603. The Morgan fingerprint density at radius 2 is 1.87 bits per heavy atom. The lowest BCUT2D eigenvalue weighted by Gasteiger charge is -2.00. The maximum atomic E-state index is 11.3. The van der Waals surface area contributed by atoms with E-state index in [-0.39, 0.29) is 9.79 Å². The first-order valence-electron chi connectivity index (χ1n) is 3.82. The molecule has 1 aromatic carbocycles. The van der Waals surface area contributed by atoms with E-state index in [9.17, 15) is 16.8 Å². The Balaban J connectivity index is 2.72. The quantitative estimate of drug-likeness (QED) is 0.719. The molecule has 0 radical (unpaired) electrons. The fraction of sp³-hybridized carbons (Fsp3) is 0. The smallest absolute Gasteiger partial charge is 0.219 e. The zero-order valence-corrected chi connectivity index (χ0v) is 9.60. The average molecular weight is 265 g/mol. The molecule has 0 spiro atoms. The second kappa shape index (κ2) is 3.07. The van der Waals surface area contributed by atoms with E-state index in [1.54, 1.807) is 0 Å². The molecule has 15 heavy (non-hydrogen) atoms. The third-order valence-corrected chi connectivity index (χ3v) is 4.83. The Hall–Kier alpha value is -0.850. The summed E-state index contributed by atoms with van der Waals surface area (Å²) in [6, 6.07) is 3.64. The summed E-state index contributed by atoms with van der Waals surface area (Å²) >= 11 is 0. The van der Waals surface area contributed by atoms with Crippen molar-refractivity contribution in [2.24, 2.45) is 0 Å². The van der Waals surface area contributed by atoms with Crippen LogP contribution in [0.1, 0.15) is 5.56 Å². The van der Waals surface area contributed by atoms with E-state index in [1.165, 1.54) is 24.3 Å². The second-order valence-corrected chi connectivity index (χ2v) is 7.35. The lowest BCUT2D eigenvalue weighted by Crippen LogP contribution is -1.96. The highest BCUT2D eigenvalue weighted by Crippen LogP contribution is 2.29. The molecule has 2 rings (SSSR count). The highest BCUT2D eigenvalue weighted by Gasteiger charge is 2.22. The van der Waals surface area contributed by atoms with Crippen LogP contribution in [0.2, 0.25) is 0 Å². The molecule has 0 bridgehead atoms. The molecule has 0 N–H and O–H groups in total. The molecule has 0 fully saturated rings. The summed E-state index contributed by atoms with van der Waals surface area (Å²) in [5.41, 5.74) is 0.344. The fourth-order valence-electron chi connectivity index (χ4n) is 1.30. The van der Waals surface area contributed by atoms with Crippen LogP contribution in [-0.2, 0) is 18.9 Å². The van der Waals surface area contributed by atoms with Gasteiger partial charge < -0.3 is 0 Å². The van der Waals surface area contributed by atoms with Gasteiger partial charge in [-0.1, -0.05) is 0 Å². The molecule has 1 heterocycles. The molecule has 0 atom stereocenters. The van der Waals surface area contributed by atoms with E-state index >= 15 is 0 Å². The molecule has 0 saturated heterocycles. The number of rotatable bonds is 1. The van der Waals surface area contributed by atoms with Gasteiger partial charge in [0, 0.05) is 16.1 Å². The Morgan fingerprint density at radius 3 is 2.47 bits per heavy atom. The zero-order chi connectivity index (χ0) is 11.3. The van der Waals surface area contributed by atoms with Gasteiger partial charge in [-0.25, -0.2) is 16.8 Å². The van der Waals surface area contributed by atoms with E-state index in [0.29, 0.717) is 5.56 Å². The molecule has 0 unspecified atom stereocenters. The van der Waals surface area contributed by atoms with Gasteiger partial charge in [-0.2, -0.15) is 0 Å². The average Bonchev–Trinajstić information content (AvgIpc) is 2.41. The summed E-state index contributed by atoms with van der Waals surface area (Å²) in [4.78, 5) is -0.00349. The topological polar surface area (TPSA) is 68.3 Å². The van der Waals surface area contributed by atoms with Crippen molar-refractivity contribution < 1.29 is 16.8 Å². The molecular weight excluding hydrogens is 260 g/mol. The van der Waals surface area contributed by atoms with E-state index < -0.39 is 18.9 Å². The predicted molar refractivity (Wildman–Crippen MR) is 55.7 cm³/mol. The summed E-state index contributed by atoms with van der Waals surface area (Å²) < 4.78 is 44.7. The molecule has 1 aliphatic heterocycles. The highest BCUT2D eigenvalue weighted by atomic mass is 35.7. The van der Waals surface area contributed by atoms with Crippen LogP contribution in [0.25, 0.3) is 6.08 Å². The maximum absolute atomic E-state index is 11.3. The van der Waals surface area contributed by atoms with E-state index in [0.717, 1.165) is 5.41 Å². The van der Waals surface area contributed by atoms with Crippen molar-refractivity contribution in [3.63, 3.8) is 0 Å². The summed E-state index contributed by atoms with van der Waals surface area (Å²) in [5.74, 6) is 0. The number of halogens is 1. The van der Waals surface area contributed by atoms with Crippen LogP contribution >= 0.6 is 10.7 Å². The van der Waals surface area contributed by atoms with Gasteiger partial charge in [-0.3, -0.25) is 0 Å². The van der Waals surface area contributed by atoms with Crippen LogP contribution in [-0.4, -0.2) is 16.8 Å². The normalized spacial score (nSPS) is 17.7. The minimum absolute atomic E-state index is 0.103. The van der Waals surface area contributed by atoms with Crippen molar-refractivity contribution in [2.75, 3.05) is 0 Å². The zero-order valence-electron chi connectivity index (χ0n) is 7.21. The molecule has 0 saturated carbocycles. The summed E-state index contributed by atoms with van der Waals surface area (Å²) in [5, 5.41) is 1.03. The largest absolute Gasteiger partial charge is 0.261 e. The molecule has 1 aliphatic rings. The minimum Gasteiger partial charge on any atom is -0.219 e. The molecule has 80 valence electrons. The first-order valence-corrected chi connectivity index (χ1v) is 7.68. The van der Waals surface area contributed by atoms with Crippen LogP contribution < -0.4 is 0 Å². The Morgan fingerprint density at radius 1 is 1.20 bits per heavy atom. The Labute approximate surface area is 91.5 Å². The van der Waals surface area contributed by atoms with Gasteiger partial charge in [0.15, 0.2) is 9.84 Å². The molecule has 7 heteroatoms. The van der Waals surface area contributed by atoms with Crippen molar-refractivity contribution in [3.8, 4) is 0 Å². The van der Waals surface area contributed by atoms with Gasteiger partial charge >= 0.3 is 0 Å². The molecule has 1 aromatic rings. The van der Waals surface area contributed by atoms with E-state index in [1.807, 2.05) is 0 Å². The first-order chi connectivity index (χ1) is 6.81. The summed E-state index contributed by atoms with van der Waals surface area (Å²) in [6.45, 7) is 0. The van der Waals surface area contributed by atoms with E-state index in [2.05, 4.69) is 0 Å². The molecule has 0 aliphatic carbocycles. The minimum atomic E-state index is -3.82. The standard InChI is InChI=1S/C8H5ClO4S2/c9-15(12,13)7-1-2-8-6(5-7)3-4-14(8,10)11/h1-5H. The van der Waals surface area contributed by atoms with Crippen LogP contribution in [0.3, 0.4) is 0 Å². The summed E-state index contributed by atoms with van der Waals surface area (Å²) in [7, 11) is -2.07. The number of hydrogen-bond donors (Lipinski definition) is 0. The van der Waals surface area contributed by atoms with Crippen molar-refractivity contribution in [1.82, 2.24) is 0 Å². The predicted octanol–water partition coefficient (Wildman–Crippen LogP) is 1.37. The monoisotopic (exact) mass is 264 g/mol. The Kier molecular flexibility index (Phi) is 2.18. The maximum Gasteiger partial charge on any atom is 0.261 e. The van der Waals surface area contributed by atoms with Gasteiger partial charge in [0.05, 0.1) is 9.79 Å². The number of benzene rings is 1. The van der Waals surface area contributed by atoms with Crippen molar-refractivity contribution in [2.45, 2.75) is 9.79 Å². The lowest BCUT2D eigenvalue weighted by atomic mass is 10.2. The van der Waals surface area contributed by atoms with Gasteiger partial charge in [0.2, 0.25) is 0 Å². The number of sulfone groups is 1. The highest BCUT2D eigenvalue weighted by molar-refractivity contribution is 8.13. The SMILES string of the molecule is O=S(=O)(Cl)c1ccc2c(c1)C=CS2(=O)=O. The first kappa shape index (κ1) is 10.7. The van der Waals surface area contributed by atoms with Crippen molar-refractivity contribution >= 4 is 35.6 Å². The van der Waals surface area contributed by atoms with Gasteiger partial charge in [0.25, 0.3) is 9.05 Å².